The molecule has 0 radical (unpaired) electrons. The molecule has 0 bridgehead atoms. The van der Waals surface area contributed by atoms with Crippen LogP contribution >= 0.6 is 0 Å². The van der Waals surface area contributed by atoms with Crippen molar-refractivity contribution in [1.82, 2.24) is 5.16 Å². The van der Waals surface area contributed by atoms with E-state index in [9.17, 15) is 4.79 Å². The van der Waals surface area contributed by atoms with Gasteiger partial charge in [-0.3, -0.25) is 4.79 Å². The maximum absolute atomic E-state index is 12.6. The van der Waals surface area contributed by atoms with Gasteiger partial charge < -0.3 is 4.52 Å². The number of ketones is 1. The molecule has 0 saturated heterocycles. The van der Waals surface area contributed by atoms with Crippen molar-refractivity contribution in [2.24, 2.45) is 0 Å². The van der Waals surface area contributed by atoms with Crippen LogP contribution in [0.2, 0.25) is 0 Å². The number of nitrogens with zero attached hydrogens (tertiary/aromatic N) is 1. The van der Waals surface area contributed by atoms with Crippen molar-refractivity contribution in [3.05, 3.63) is 77.6 Å². The Morgan fingerprint density at radius 3 is 2.55 bits per heavy atom. The molecule has 0 aliphatic rings. The smallest absolute Gasteiger partial charge is 0.193 e. The van der Waals surface area contributed by atoms with Crippen LogP contribution < -0.4 is 0 Å². The van der Waals surface area contributed by atoms with E-state index >= 15 is 0 Å². The van der Waals surface area contributed by atoms with Crippen molar-refractivity contribution in [2.75, 3.05) is 0 Å². The minimum atomic E-state index is -0.0106. The third-order valence-corrected chi connectivity index (χ3v) is 3.17. The van der Waals surface area contributed by atoms with Gasteiger partial charge in [0, 0.05) is 22.8 Å². The van der Waals surface area contributed by atoms with Gasteiger partial charge >= 0.3 is 0 Å². The summed E-state index contributed by atoms with van der Waals surface area (Å²) in [6.07, 6.45) is 1.51. The summed E-state index contributed by atoms with van der Waals surface area (Å²) in [7, 11) is 0. The average molecular weight is 263 g/mol. The van der Waals surface area contributed by atoms with E-state index in [-0.39, 0.29) is 5.78 Å². The quantitative estimate of drug-likeness (QED) is 0.673. The van der Waals surface area contributed by atoms with Crippen molar-refractivity contribution >= 4 is 5.78 Å². The van der Waals surface area contributed by atoms with Gasteiger partial charge in [0.15, 0.2) is 5.78 Å². The highest BCUT2D eigenvalue weighted by atomic mass is 16.5. The van der Waals surface area contributed by atoms with Gasteiger partial charge in [0.05, 0.1) is 0 Å². The van der Waals surface area contributed by atoms with E-state index in [2.05, 4.69) is 5.16 Å². The number of rotatable bonds is 3. The second kappa shape index (κ2) is 5.13. The molecule has 3 nitrogen and oxygen atoms in total. The number of carbonyl (C=O) groups is 1. The highest BCUT2D eigenvalue weighted by Gasteiger charge is 2.16. The second-order valence-corrected chi connectivity index (χ2v) is 4.63. The topological polar surface area (TPSA) is 43.1 Å². The first-order valence-electron chi connectivity index (χ1n) is 6.37. The highest BCUT2D eigenvalue weighted by Crippen LogP contribution is 2.25. The summed E-state index contributed by atoms with van der Waals surface area (Å²) in [6.45, 7) is 1.99. The van der Waals surface area contributed by atoms with E-state index < -0.39 is 0 Å². The average Bonchev–Trinajstić information content (AvgIpc) is 3.01. The second-order valence-electron chi connectivity index (χ2n) is 4.63. The highest BCUT2D eigenvalue weighted by molar-refractivity contribution is 6.12. The van der Waals surface area contributed by atoms with Crippen LogP contribution in [0.4, 0.5) is 0 Å². The summed E-state index contributed by atoms with van der Waals surface area (Å²) in [5.74, 6) is -0.0106. The molecule has 0 atom stereocenters. The molecule has 0 N–H and O–H groups in total. The third kappa shape index (κ3) is 2.26. The first-order chi connectivity index (χ1) is 9.75. The van der Waals surface area contributed by atoms with Crippen LogP contribution in [0.15, 0.2) is 65.4 Å². The van der Waals surface area contributed by atoms with Crippen molar-refractivity contribution < 1.29 is 9.32 Å². The third-order valence-electron chi connectivity index (χ3n) is 3.17. The van der Waals surface area contributed by atoms with E-state index in [1.54, 1.807) is 6.07 Å². The number of benzene rings is 2. The monoisotopic (exact) mass is 263 g/mol. The summed E-state index contributed by atoms with van der Waals surface area (Å²) in [4.78, 5) is 12.6. The molecule has 20 heavy (non-hydrogen) atoms. The van der Waals surface area contributed by atoms with Crippen molar-refractivity contribution in [1.29, 1.82) is 0 Å². The maximum Gasteiger partial charge on any atom is 0.193 e. The molecular weight excluding hydrogens is 250 g/mol. The molecule has 0 spiro atoms. The van der Waals surface area contributed by atoms with Crippen LogP contribution in [0, 0.1) is 6.92 Å². The fourth-order valence-electron chi connectivity index (χ4n) is 2.16. The normalized spacial score (nSPS) is 10.4. The molecule has 0 amide bonds. The van der Waals surface area contributed by atoms with Gasteiger partial charge in [-0.05, 0) is 13.0 Å². The molecule has 0 unspecified atom stereocenters. The van der Waals surface area contributed by atoms with Crippen LogP contribution in [-0.2, 0) is 0 Å². The molecular formula is C17H13NO2. The number of carbonyl (C=O) groups excluding carboxylic acids is 1. The summed E-state index contributed by atoms with van der Waals surface area (Å²) >= 11 is 0. The standard InChI is InChI=1S/C17H13NO2/c1-12-7-8-14(15(11-12)16-9-10-20-18-16)17(19)13-5-3-2-4-6-13/h2-11H,1H3. The van der Waals surface area contributed by atoms with Crippen LogP contribution in [0.1, 0.15) is 21.5 Å². The molecule has 1 heterocycles. The molecule has 0 aliphatic carbocycles. The lowest BCUT2D eigenvalue weighted by Gasteiger charge is -2.07. The number of aromatic nitrogens is 1. The molecule has 98 valence electrons. The lowest BCUT2D eigenvalue weighted by molar-refractivity contribution is 0.103. The van der Waals surface area contributed by atoms with E-state index in [1.807, 2.05) is 55.5 Å². The molecule has 3 heteroatoms. The van der Waals surface area contributed by atoms with Gasteiger partial charge in [0.2, 0.25) is 0 Å². The summed E-state index contributed by atoms with van der Waals surface area (Å²) < 4.78 is 4.89. The largest absolute Gasteiger partial charge is 0.364 e. The fourth-order valence-corrected chi connectivity index (χ4v) is 2.16. The number of aryl methyl sites for hydroxylation is 1. The molecule has 0 fully saturated rings. The predicted molar refractivity (Wildman–Crippen MR) is 76.6 cm³/mol. The Morgan fingerprint density at radius 1 is 1.05 bits per heavy atom. The lowest BCUT2D eigenvalue weighted by Crippen LogP contribution is -2.03. The Kier molecular flexibility index (Phi) is 3.17. The summed E-state index contributed by atoms with van der Waals surface area (Å²) in [6, 6.07) is 16.7. The molecule has 3 aromatic rings. The van der Waals surface area contributed by atoms with Gasteiger partial charge in [0.1, 0.15) is 12.0 Å². The van der Waals surface area contributed by atoms with Crippen LogP contribution in [-0.4, -0.2) is 10.9 Å². The van der Waals surface area contributed by atoms with E-state index in [4.69, 9.17) is 4.52 Å². The zero-order chi connectivity index (χ0) is 13.9. The van der Waals surface area contributed by atoms with E-state index in [0.29, 0.717) is 16.8 Å². The number of hydrogen-bond donors (Lipinski definition) is 0. The van der Waals surface area contributed by atoms with Crippen LogP contribution in [0.5, 0.6) is 0 Å². The molecule has 2 aromatic carbocycles. The van der Waals surface area contributed by atoms with Gasteiger partial charge in [0.25, 0.3) is 0 Å². The maximum atomic E-state index is 12.6. The Hall–Kier alpha value is -2.68. The minimum absolute atomic E-state index is 0.0106. The van der Waals surface area contributed by atoms with Gasteiger partial charge in [-0.1, -0.05) is 53.2 Å². The summed E-state index contributed by atoms with van der Waals surface area (Å²) in [5, 5.41) is 3.94. The number of hydrogen-bond acceptors (Lipinski definition) is 3. The first kappa shape index (κ1) is 12.4. The molecule has 1 aromatic heterocycles. The molecule has 3 rings (SSSR count). The van der Waals surface area contributed by atoms with Gasteiger partial charge in [-0.25, -0.2) is 0 Å². The van der Waals surface area contributed by atoms with Crippen molar-refractivity contribution in [2.45, 2.75) is 6.92 Å². The van der Waals surface area contributed by atoms with Crippen LogP contribution in [0.3, 0.4) is 0 Å². The molecule has 0 aliphatic heterocycles. The van der Waals surface area contributed by atoms with Gasteiger partial charge in [-0.15, -0.1) is 0 Å². The summed E-state index contributed by atoms with van der Waals surface area (Å²) in [5.41, 5.74) is 3.85. The Labute approximate surface area is 116 Å². The fraction of sp³-hybridized carbons (Fsp3) is 0.0588. The van der Waals surface area contributed by atoms with Crippen molar-refractivity contribution in [3.8, 4) is 11.3 Å². The van der Waals surface area contributed by atoms with E-state index in [0.717, 1.165) is 11.1 Å². The SMILES string of the molecule is Cc1ccc(C(=O)c2ccccc2)c(-c2ccon2)c1. The Morgan fingerprint density at radius 2 is 1.85 bits per heavy atom. The molecule has 0 saturated carbocycles. The lowest BCUT2D eigenvalue weighted by atomic mass is 9.95. The zero-order valence-corrected chi connectivity index (χ0v) is 11.0. The minimum Gasteiger partial charge on any atom is -0.364 e. The van der Waals surface area contributed by atoms with Gasteiger partial charge in [-0.2, -0.15) is 0 Å². The predicted octanol–water partition coefficient (Wildman–Crippen LogP) is 3.88. The van der Waals surface area contributed by atoms with E-state index in [1.165, 1.54) is 6.26 Å². The van der Waals surface area contributed by atoms with Crippen LogP contribution in [0.25, 0.3) is 11.3 Å². The first-order valence-corrected chi connectivity index (χ1v) is 6.37. The Bertz CT molecular complexity index is 731. The Balaban J connectivity index is 2.13. The zero-order valence-electron chi connectivity index (χ0n) is 11.0. The van der Waals surface area contributed by atoms with Crippen molar-refractivity contribution in [3.63, 3.8) is 0 Å².